The lowest BCUT2D eigenvalue weighted by atomic mass is 10.0. The van der Waals surface area contributed by atoms with E-state index in [0.29, 0.717) is 24.6 Å². The maximum Gasteiger partial charge on any atom is 0.309 e. The lowest BCUT2D eigenvalue weighted by molar-refractivity contribution is -0.145. The molecule has 1 aromatic rings. The third-order valence-corrected chi connectivity index (χ3v) is 5.33. The van der Waals surface area contributed by atoms with Gasteiger partial charge in [0.25, 0.3) is 0 Å². The van der Waals surface area contributed by atoms with E-state index in [9.17, 15) is 13.2 Å². The Labute approximate surface area is 148 Å². The number of esters is 1. The summed E-state index contributed by atoms with van der Waals surface area (Å²) in [6, 6.07) is 7.22. The minimum atomic E-state index is -3.19. The van der Waals surface area contributed by atoms with Gasteiger partial charge in [0.2, 0.25) is 10.0 Å². The molecule has 0 N–H and O–H groups in total. The lowest BCUT2D eigenvalue weighted by Gasteiger charge is -2.30. The van der Waals surface area contributed by atoms with Gasteiger partial charge in [0.1, 0.15) is 0 Å². The number of methoxy groups -OCH3 is 1. The largest absolute Gasteiger partial charge is 0.493 e. The highest BCUT2D eigenvalue weighted by molar-refractivity contribution is 7.88. The van der Waals surface area contributed by atoms with Crippen LogP contribution >= 0.6 is 0 Å². The first kappa shape index (κ1) is 19.5. The van der Waals surface area contributed by atoms with Crippen LogP contribution in [0.15, 0.2) is 24.3 Å². The standard InChI is InChI=1S/C17H25NO6S/c1-22-15-7-3-4-8-16(15)23-11-9-17(19)24-13-14-6-5-10-18(12-14)25(2,20)21/h3-4,7-8,14H,5-6,9-13H2,1-2H3. The van der Waals surface area contributed by atoms with Crippen LogP contribution in [0.3, 0.4) is 0 Å². The normalized spacial score (nSPS) is 18.6. The molecule has 0 bridgehead atoms. The van der Waals surface area contributed by atoms with Gasteiger partial charge in [-0.1, -0.05) is 12.1 Å². The van der Waals surface area contributed by atoms with E-state index in [2.05, 4.69) is 0 Å². The third kappa shape index (κ3) is 6.21. The van der Waals surface area contributed by atoms with Crippen LogP contribution in [0.1, 0.15) is 19.3 Å². The smallest absolute Gasteiger partial charge is 0.309 e. The Kier molecular flexibility index (Phi) is 7.07. The fraction of sp³-hybridized carbons (Fsp3) is 0.588. The first-order valence-electron chi connectivity index (χ1n) is 8.26. The number of hydrogen-bond donors (Lipinski definition) is 0. The summed E-state index contributed by atoms with van der Waals surface area (Å²) in [6.45, 7) is 1.37. The molecule has 1 atom stereocenters. The highest BCUT2D eigenvalue weighted by atomic mass is 32.2. The van der Waals surface area contributed by atoms with E-state index >= 15 is 0 Å². The number of sulfonamides is 1. The number of rotatable bonds is 8. The first-order valence-corrected chi connectivity index (χ1v) is 10.1. The van der Waals surface area contributed by atoms with E-state index in [1.54, 1.807) is 19.2 Å². The van der Waals surface area contributed by atoms with Crippen LogP contribution in [-0.4, -0.2) is 58.4 Å². The molecule has 0 saturated carbocycles. The van der Waals surface area contributed by atoms with Gasteiger partial charge in [-0.2, -0.15) is 0 Å². The molecule has 1 aliphatic rings. The number of nitrogens with zero attached hydrogens (tertiary/aromatic N) is 1. The van der Waals surface area contributed by atoms with E-state index < -0.39 is 10.0 Å². The number of carbonyl (C=O) groups excluding carboxylic acids is 1. The van der Waals surface area contributed by atoms with Crippen molar-refractivity contribution in [2.75, 3.05) is 39.7 Å². The predicted molar refractivity (Wildman–Crippen MR) is 93.2 cm³/mol. The monoisotopic (exact) mass is 371 g/mol. The summed E-state index contributed by atoms with van der Waals surface area (Å²) >= 11 is 0. The van der Waals surface area contributed by atoms with Crippen LogP contribution in [0.25, 0.3) is 0 Å². The summed E-state index contributed by atoms with van der Waals surface area (Å²) in [5.41, 5.74) is 0. The molecule has 0 amide bonds. The maximum absolute atomic E-state index is 11.8. The van der Waals surface area contributed by atoms with Crippen molar-refractivity contribution in [3.8, 4) is 11.5 Å². The molecular formula is C17H25NO6S. The molecule has 2 rings (SSSR count). The fourth-order valence-electron chi connectivity index (χ4n) is 2.73. The van der Waals surface area contributed by atoms with E-state index in [4.69, 9.17) is 14.2 Å². The van der Waals surface area contributed by atoms with Crippen LogP contribution in [0.4, 0.5) is 0 Å². The molecule has 1 saturated heterocycles. The topological polar surface area (TPSA) is 82.1 Å². The quantitative estimate of drug-likeness (QED) is 0.647. The molecule has 0 radical (unpaired) electrons. The average Bonchev–Trinajstić information content (AvgIpc) is 2.60. The summed E-state index contributed by atoms with van der Waals surface area (Å²) in [6.07, 6.45) is 2.97. The minimum absolute atomic E-state index is 0.0440. The Morgan fingerprint density at radius 2 is 2.00 bits per heavy atom. The van der Waals surface area contributed by atoms with Gasteiger partial charge in [-0.15, -0.1) is 0 Å². The molecule has 0 aromatic heterocycles. The Balaban J connectivity index is 1.70. The van der Waals surface area contributed by atoms with Crippen LogP contribution in [-0.2, 0) is 19.6 Å². The van der Waals surface area contributed by atoms with Gasteiger partial charge < -0.3 is 14.2 Å². The fourth-order valence-corrected chi connectivity index (χ4v) is 3.67. The second-order valence-corrected chi connectivity index (χ2v) is 8.04. The number of carbonyl (C=O) groups is 1. The molecule has 140 valence electrons. The van der Waals surface area contributed by atoms with Crippen molar-refractivity contribution in [3.05, 3.63) is 24.3 Å². The summed E-state index contributed by atoms with van der Waals surface area (Å²) in [4.78, 5) is 11.8. The molecule has 25 heavy (non-hydrogen) atoms. The highest BCUT2D eigenvalue weighted by Gasteiger charge is 2.26. The maximum atomic E-state index is 11.8. The lowest BCUT2D eigenvalue weighted by Crippen LogP contribution is -2.40. The van der Waals surface area contributed by atoms with Crippen LogP contribution in [0.5, 0.6) is 11.5 Å². The van der Waals surface area contributed by atoms with Crippen molar-refractivity contribution in [1.29, 1.82) is 0 Å². The summed E-state index contributed by atoms with van der Waals surface area (Å²) in [5, 5.41) is 0. The molecule has 7 nitrogen and oxygen atoms in total. The van der Waals surface area contributed by atoms with Crippen molar-refractivity contribution in [1.82, 2.24) is 4.31 Å². The van der Waals surface area contributed by atoms with Gasteiger partial charge in [-0.05, 0) is 25.0 Å². The Bertz CT molecular complexity index is 675. The molecule has 0 spiro atoms. The molecular weight excluding hydrogens is 346 g/mol. The van der Waals surface area contributed by atoms with Crippen LogP contribution in [0, 0.1) is 5.92 Å². The second-order valence-electron chi connectivity index (χ2n) is 6.06. The van der Waals surface area contributed by atoms with Crippen molar-refractivity contribution >= 4 is 16.0 Å². The molecule has 1 aromatic carbocycles. The first-order chi connectivity index (χ1) is 11.9. The molecule has 8 heteroatoms. The van der Waals surface area contributed by atoms with Gasteiger partial charge in [0, 0.05) is 19.0 Å². The molecule has 1 heterocycles. The van der Waals surface area contributed by atoms with Crippen LogP contribution in [0.2, 0.25) is 0 Å². The predicted octanol–water partition coefficient (Wildman–Crippen LogP) is 1.68. The Morgan fingerprint density at radius 3 is 2.68 bits per heavy atom. The summed E-state index contributed by atoms with van der Waals surface area (Å²) in [5.74, 6) is 0.877. The summed E-state index contributed by atoms with van der Waals surface area (Å²) < 4.78 is 40.6. The van der Waals surface area contributed by atoms with Crippen molar-refractivity contribution < 1.29 is 27.4 Å². The zero-order valence-corrected chi connectivity index (χ0v) is 15.5. The SMILES string of the molecule is COc1ccccc1OCCC(=O)OCC1CCCN(S(C)(=O)=O)C1. The van der Waals surface area contributed by atoms with E-state index in [-0.39, 0.29) is 31.5 Å². The third-order valence-electron chi connectivity index (χ3n) is 4.06. The van der Waals surface area contributed by atoms with Gasteiger partial charge in [0.15, 0.2) is 11.5 Å². The number of benzene rings is 1. The molecule has 1 unspecified atom stereocenters. The van der Waals surface area contributed by atoms with Gasteiger partial charge in [-0.25, -0.2) is 12.7 Å². The Morgan fingerprint density at radius 1 is 1.28 bits per heavy atom. The van der Waals surface area contributed by atoms with Gasteiger partial charge in [-0.3, -0.25) is 4.79 Å². The van der Waals surface area contributed by atoms with Crippen LogP contribution < -0.4 is 9.47 Å². The zero-order chi connectivity index (χ0) is 18.3. The Hall–Kier alpha value is -1.80. The highest BCUT2D eigenvalue weighted by Crippen LogP contribution is 2.25. The van der Waals surface area contributed by atoms with E-state index in [1.165, 1.54) is 10.6 Å². The molecule has 0 aliphatic carbocycles. The van der Waals surface area contributed by atoms with Gasteiger partial charge in [0.05, 0.1) is 33.0 Å². The van der Waals surface area contributed by atoms with Crippen molar-refractivity contribution in [2.45, 2.75) is 19.3 Å². The zero-order valence-electron chi connectivity index (χ0n) is 14.6. The van der Waals surface area contributed by atoms with Crippen molar-refractivity contribution in [3.63, 3.8) is 0 Å². The average molecular weight is 371 g/mol. The number of hydrogen-bond acceptors (Lipinski definition) is 6. The molecule has 1 aliphatic heterocycles. The minimum Gasteiger partial charge on any atom is -0.493 e. The van der Waals surface area contributed by atoms with E-state index in [1.807, 2.05) is 12.1 Å². The second kappa shape index (κ2) is 9.05. The molecule has 1 fully saturated rings. The van der Waals surface area contributed by atoms with Gasteiger partial charge >= 0.3 is 5.97 Å². The number of para-hydroxylation sites is 2. The number of piperidine rings is 1. The number of ether oxygens (including phenoxy) is 3. The van der Waals surface area contributed by atoms with E-state index in [0.717, 1.165) is 12.8 Å². The van der Waals surface area contributed by atoms with Crippen molar-refractivity contribution in [2.24, 2.45) is 5.92 Å². The summed E-state index contributed by atoms with van der Waals surface area (Å²) in [7, 11) is -1.63.